The first-order valence-corrected chi connectivity index (χ1v) is 10.7. The minimum Gasteiger partial charge on any atom is -0.494 e. The maximum atomic E-state index is 12.6. The molecule has 3 aromatic carbocycles. The lowest BCUT2D eigenvalue weighted by molar-refractivity contribution is -0.112. The number of carbonyl (C=O) groups excluding carboxylic acids is 1. The van der Waals surface area contributed by atoms with Gasteiger partial charge in [-0.05, 0) is 67.4 Å². The van der Waals surface area contributed by atoms with Crippen molar-refractivity contribution < 1.29 is 19.0 Å². The molecular formula is C27H26N2O4. The lowest BCUT2D eigenvalue weighted by Crippen LogP contribution is -2.13. The third kappa shape index (κ3) is 6.88. The summed E-state index contributed by atoms with van der Waals surface area (Å²) in [5.41, 5.74) is 2.25. The molecule has 1 N–H and O–H groups in total. The molecule has 0 atom stereocenters. The molecule has 33 heavy (non-hydrogen) atoms. The maximum absolute atomic E-state index is 12.6. The molecule has 3 rings (SSSR count). The van der Waals surface area contributed by atoms with E-state index in [4.69, 9.17) is 14.2 Å². The van der Waals surface area contributed by atoms with Crippen LogP contribution in [0, 0.1) is 11.3 Å². The minimum atomic E-state index is -0.496. The smallest absolute Gasteiger partial charge is 0.266 e. The van der Waals surface area contributed by atoms with Gasteiger partial charge in [-0.15, -0.1) is 0 Å². The average Bonchev–Trinajstić information content (AvgIpc) is 2.84. The van der Waals surface area contributed by atoms with Crippen molar-refractivity contribution in [3.63, 3.8) is 0 Å². The van der Waals surface area contributed by atoms with Crippen LogP contribution >= 0.6 is 0 Å². The van der Waals surface area contributed by atoms with Gasteiger partial charge in [0.2, 0.25) is 0 Å². The molecule has 0 aliphatic heterocycles. The number of rotatable bonds is 10. The van der Waals surface area contributed by atoms with E-state index in [1.54, 1.807) is 42.5 Å². The molecule has 0 saturated heterocycles. The lowest BCUT2D eigenvalue weighted by Gasteiger charge is -2.13. The van der Waals surface area contributed by atoms with Gasteiger partial charge in [-0.3, -0.25) is 4.79 Å². The van der Waals surface area contributed by atoms with Crippen LogP contribution in [0.3, 0.4) is 0 Å². The third-order valence-corrected chi connectivity index (χ3v) is 4.60. The molecule has 6 heteroatoms. The van der Waals surface area contributed by atoms with Gasteiger partial charge in [-0.25, -0.2) is 0 Å². The van der Waals surface area contributed by atoms with Crippen molar-refractivity contribution in [2.45, 2.75) is 20.5 Å². The van der Waals surface area contributed by atoms with Crippen LogP contribution in [-0.2, 0) is 11.4 Å². The number of hydrogen-bond donors (Lipinski definition) is 1. The first-order valence-electron chi connectivity index (χ1n) is 10.7. The van der Waals surface area contributed by atoms with Crippen LogP contribution in [0.4, 0.5) is 5.69 Å². The third-order valence-electron chi connectivity index (χ3n) is 4.60. The van der Waals surface area contributed by atoms with E-state index in [1.807, 2.05) is 50.2 Å². The predicted octanol–water partition coefficient (Wildman–Crippen LogP) is 5.61. The van der Waals surface area contributed by atoms with Crippen LogP contribution in [0.2, 0.25) is 0 Å². The highest BCUT2D eigenvalue weighted by Gasteiger charge is 2.12. The molecular weight excluding hydrogens is 416 g/mol. The normalized spacial score (nSPS) is 10.8. The molecule has 168 valence electrons. The number of nitrogens with one attached hydrogen (secondary N) is 1. The summed E-state index contributed by atoms with van der Waals surface area (Å²) in [6.45, 7) is 5.21. The van der Waals surface area contributed by atoms with Crippen LogP contribution < -0.4 is 19.5 Å². The van der Waals surface area contributed by atoms with Crippen molar-refractivity contribution in [3.05, 3.63) is 89.5 Å². The fraction of sp³-hybridized carbons (Fsp3) is 0.185. The Morgan fingerprint density at radius 2 is 1.64 bits per heavy atom. The number of carbonyl (C=O) groups is 1. The van der Waals surface area contributed by atoms with Crippen LogP contribution in [0.15, 0.2) is 78.4 Å². The zero-order valence-corrected chi connectivity index (χ0v) is 18.7. The second kappa shape index (κ2) is 12.0. The minimum absolute atomic E-state index is 0.0238. The van der Waals surface area contributed by atoms with E-state index < -0.39 is 5.91 Å². The fourth-order valence-electron chi connectivity index (χ4n) is 3.05. The monoisotopic (exact) mass is 442 g/mol. The first-order chi connectivity index (χ1) is 16.1. The molecule has 0 aromatic heterocycles. The van der Waals surface area contributed by atoms with Gasteiger partial charge < -0.3 is 19.5 Å². The van der Waals surface area contributed by atoms with E-state index in [2.05, 4.69) is 5.32 Å². The fourth-order valence-corrected chi connectivity index (χ4v) is 3.05. The molecule has 0 fully saturated rings. The van der Waals surface area contributed by atoms with Crippen molar-refractivity contribution in [2.75, 3.05) is 18.5 Å². The van der Waals surface area contributed by atoms with Crippen molar-refractivity contribution in [3.8, 4) is 23.3 Å². The quantitative estimate of drug-likeness (QED) is 0.326. The van der Waals surface area contributed by atoms with Gasteiger partial charge in [-0.2, -0.15) is 5.26 Å². The summed E-state index contributed by atoms with van der Waals surface area (Å²) in [5, 5.41) is 12.3. The average molecular weight is 443 g/mol. The van der Waals surface area contributed by atoms with Gasteiger partial charge in [-0.1, -0.05) is 36.4 Å². The number of ether oxygens (including phenoxy) is 3. The predicted molar refractivity (Wildman–Crippen MR) is 128 cm³/mol. The standard InChI is InChI=1S/C27H26N2O4/c1-3-31-24-13-11-23(12-14-24)29-27(30)22(18-28)16-21-10-15-25(26(17-21)32-4-2)33-19-20-8-6-5-7-9-20/h5-17H,3-4,19H2,1-2H3,(H,29,30)/b22-16-. The lowest BCUT2D eigenvalue weighted by atomic mass is 10.1. The summed E-state index contributed by atoms with van der Waals surface area (Å²) >= 11 is 0. The summed E-state index contributed by atoms with van der Waals surface area (Å²) in [7, 11) is 0. The van der Waals surface area contributed by atoms with E-state index in [0.29, 0.717) is 48.3 Å². The Balaban J connectivity index is 1.74. The Bertz CT molecular complexity index is 1130. The van der Waals surface area contributed by atoms with E-state index in [9.17, 15) is 10.1 Å². The molecule has 0 unspecified atom stereocenters. The van der Waals surface area contributed by atoms with E-state index in [1.165, 1.54) is 6.08 Å². The molecule has 0 radical (unpaired) electrons. The zero-order valence-electron chi connectivity index (χ0n) is 18.7. The summed E-state index contributed by atoms with van der Waals surface area (Å²) in [4.78, 5) is 12.6. The van der Waals surface area contributed by atoms with Gasteiger partial charge in [0.25, 0.3) is 5.91 Å². The highest BCUT2D eigenvalue weighted by atomic mass is 16.5. The Hall–Kier alpha value is -4.24. The van der Waals surface area contributed by atoms with Crippen LogP contribution in [-0.4, -0.2) is 19.1 Å². The Morgan fingerprint density at radius 1 is 0.909 bits per heavy atom. The number of anilines is 1. The molecule has 3 aromatic rings. The Labute approximate surface area is 194 Å². The Morgan fingerprint density at radius 3 is 2.30 bits per heavy atom. The number of hydrogen-bond acceptors (Lipinski definition) is 5. The van der Waals surface area contributed by atoms with Gasteiger partial charge in [0.15, 0.2) is 11.5 Å². The molecule has 0 heterocycles. The number of nitrogens with zero attached hydrogens (tertiary/aromatic N) is 1. The van der Waals surface area contributed by atoms with Gasteiger partial charge >= 0.3 is 0 Å². The van der Waals surface area contributed by atoms with Crippen LogP contribution in [0.1, 0.15) is 25.0 Å². The molecule has 6 nitrogen and oxygen atoms in total. The first kappa shape index (κ1) is 23.4. The molecule has 0 aliphatic carbocycles. The van der Waals surface area contributed by atoms with Gasteiger partial charge in [0.1, 0.15) is 24.0 Å². The van der Waals surface area contributed by atoms with Crippen LogP contribution in [0.5, 0.6) is 17.2 Å². The number of benzene rings is 3. The van der Waals surface area contributed by atoms with Crippen LogP contribution in [0.25, 0.3) is 6.08 Å². The van der Waals surface area contributed by atoms with Gasteiger partial charge in [0, 0.05) is 5.69 Å². The van der Waals surface area contributed by atoms with Crippen molar-refractivity contribution >= 4 is 17.7 Å². The van der Waals surface area contributed by atoms with Crippen molar-refractivity contribution in [2.24, 2.45) is 0 Å². The number of nitriles is 1. The summed E-state index contributed by atoms with van der Waals surface area (Å²) in [6.07, 6.45) is 1.52. The SMILES string of the molecule is CCOc1ccc(NC(=O)/C(C#N)=C\c2ccc(OCc3ccccc3)c(OCC)c2)cc1. The number of amides is 1. The molecule has 0 aliphatic rings. The Kier molecular flexibility index (Phi) is 8.49. The van der Waals surface area contributed by atoms with E-state index >= 15 is 0 Å². The zero-order chi connectivity index (χ0) is 23.5. The maximum Gasteiger partial charge on any atom is 0.266 e. The highest BCUT2D eigenvalue weighted by Crippen LogP contribution is 2.30. The van der Waals surface area contributed by atoms with E-state index in [0.717, 1.165) is 5.56 Å². The molecule has 1 amide bonds. The van der Waals surface area contributed by atoms with E-state index in [-0.39, 0.29) is 5.57 Å². The van der Waals surface area contributed by atoms with Crippen molar-refractivity contribution in [1.82, 2.24) is 0 Å². The highest BCUT2D eigenvalue weighted by molar-refractivity contribution is 6.09. The molecule has 0 saturated carbocycles. The van der Waals surface area contributed by atoms with Gasteiger partial charge in [0.05, 0.1) is 13.2 Å². The second-order valence-corrected chi connectivity index (χ2v) is 6.99. The summed E-state index contributed by atoms with van der Waals surface area (Å²) < 4.78 is 17.0. The van der Waals surface area contributed by atoms with Crippen molar-refractivity contribution in [1.29, 1.82) is 5.26 Å². The summed E-state index contributed by atoms with van der Waals surface area (Å²) in [6, 6.07) is 24.1. The second-order valence-electron chi connectivity index (χ2n) is 6.99. The molecule has 0 spiro atoms. The topological polar surface area (TPSA) is 80.6 Å². The largest absolute Gasteiger partial charge is 0.494 e. The molecule has 0 bridgehead atoms. The summed E-state index contributed by atoms with van der Waals surface area (Å²) in [5.74, 6) is 1.36.